The molecule has 6 nitrogen and oxygen atoms in total. The molecule has 1 saturated carbocycles. The first-order valence-electron chi connectivity index (χ1n) is 10.7. The monoisotopic (exact) mass is 483 g/mol. The molecule has 2 aromatic carbocycles. The number of rotatable bonds is 6. The molecule has 1 heterocycles. The van der Waals surface area contributed by atoms with Gasteiger partial charge < -0.3 is 9.47 Å². The highest BCUT2D eigenvalue weighted by atomic mass is 79.9. The molecule has 0 saturated heterocycles. The Hall–Kier alpha value is -2.67. The Balaban J connectivity index is 1.80. The van der Waals surface area contributed by atoms with E-state index in [-0.39, 0.29) is 11.5 Å². The summed E-state index contributed by atoms with van der Waals surface area (Å²) < 4.78 is 13.3. The molecule has 0 N–H and O–H groups in total. The zero-order valence-corrected chi connectivity index (χ0v) is 19.4. The minimum absolute atomic E-state index is 0.151. The van der Waals surface area contributed by atoms with E-state index in [0.29, 0.717) is 29.0 Å². The zero-order chi connectivity index (χ0) is 21.8. The molecule has 1 aliphatic rings. The molecular formula is C24H26BrN3O3. The predicted molar refractivity (Wildman–Crippen MR) is 127 cm³/mol. The lowest BCUT2D eigenvalue weighted by molar-refractivity contribution is 0.311. The van der Waals surface area contributed by atoms with Crippen LogP contribution in [-0.4, -0.2) is 29.6 Å². The van der Waals surface area contributed by atoms with Crippen molar-refractivity contribution in [1.82, 2.24) is 9.66 Å². The van der Waals surface area contributed by atoms with Crippen molar-refractivity contribution >= 4 is 33.0 Å². The first kappa shape index (κ1) is 21.6. The molecule has 162 valence electrons. The highest BCUT2D eigenvalue weighted by molar-refractivity contribution is 9.10. The number of hydrogen-bond acceptors (Lipinski definition) is 5. The molecule has 1 fully saturated rings. The fraction of sp³-hybridized carbons (Fsp3) is 0.375. The van der Waals surface area contributed by atoms with Crippen LogP contribution < -0.4 is 15.0 Å². The van der Waals surface area contributed by atoms with Crippen LogP contribution in [0.4, 0.5) is 0 Å². The van der Waals surface area contributed by atoms with E-state index in [9.17, 15) is 4.79 Å². The zero-order valence-electron chi connectivity index (χ0n) is 17.8. The third kappa shape index (κ3) is 4.66. The average Bonchev–Trinajstić information content (AvgIpc) is 2.79. The summed E-state index contributed by atoms with van der Waals surface area (Å²) in [4.78, 5) is 18.3. The Labute approximate surface area is 190 Å². The smallest absolute Gasteiger partial charge is 0.282 e. The number of fused-ring (bicyclic) bond motifs is 1. The highest BCUT2D eigenvalue weighted by Gasteiger charge is 2.22. The van der Waals surface area contributed by atoms with E-state index >= 15 is 0 Å². The Bertz CT molecular complexity index is 1170. The van der Waals surface area contributed by atoms with Gasteiger partial charge in [-0.05, 0) is 61.7 Å². The summed E-state index contributed by atoms with van der Waals surface area (Å²) in [6.07, 6.45) is 7.28. The van der Waals surface area contributed by atoms with Crippen LogP contribution in [-0.2, 0) is 0 Å². The minimum Gasteiger partial charge on any atom is -0.493 e. The van der Waals surface area contributed by atoms with Gasteiger partial charge in [-0.25, -0.2) is 4.98 Å². The van der Waals surface area contributed by atoms with E-state index in [1.54, 1.807) is 13.3 Å². The molecular weight excluding hydrogens is 458 g/mol. The van der Waals surface area contributed by atoms with E-state index in [1.807, 2.05) is 43.3 Å². The largest absolute Gasteiger partial charge is 0.493 e. The number of benzene rings is 2. The predicted octanol–water partition coefficient (Wildman–Crippen LogP) is 5.50. The fourth-order valence-electron chi connectivity index (χ4n) is 4.07. The second kappa shape index (κ2) is 9.64. The van der Waals surface area contributed by atoms with Crippen molar-refractivity contribution in [3.05, 3.63) is 62.6 Å². The van der Waals surface area contributed by atoms with E-state index in [0.717, 1.165) is 41.5 Å². The first-order valence-corrected chi connectivity index (χ1v) is 11.5. The summed E-state index contributed by atoms with van der Waals surface area (Å²) in [5, 5.41) is 5.14. The molecule has 0 spiro atoms. The van der Waals surface area contributed by atoms with E-state index in [1.165, 1.54) is 11.1 Å². The van der Waals surface area contributed by atoms with Crippen LogP contribution in [0.15, 0.2) is 50.8 Å². The van der Waals surface area contributed by atoms with Crippen LogP contribution in [0.2, 0.25) is 0 Å². The number of nitrogens with zero attached hydrogens (tertiary/aromatic N) is 3. The second-order valence-electron chi connectivity index (χ2n) is 7.67. The van der Waals surface area contributed by atoms with Gasteiger partial charge in [0.2, 0.25) is 0 Å². The van der Waals surface area contributed by atoms with E-state index in [2.05, 4.69) is 21.0 Å². The van der Waals surface area contributed by atoms with Crippen LogP contribution in [0, 0.1) is 0 Å². The molecule has 7 heteroatoms. The third-order valence-corrected chi connectivity index (χ3v) is 6.11. The molecule has 0 bridgehead atoms. The molecule has 1 aromatic heterocycles. The van der Waals surface area contributed by atoms with Gasteiger partial charge in [0, 0.05) is 10.4 Å². The highest BCUT2D eigenvalue weighted by Crippen LogP contribution is 2.32. The van der Waals surface area contributed by atoms with E-state index in [4.69, 9.17) is 14.5 Å². The molecule has 0 radical (unpaired) electrons. The Kier molecular flexibility index (Phi) is 6.70. The molecule has 4 rings (SSSR count). The van der Waals surface area contributed by atoms with Crippen molar-refractivity contribution < 1.29 is 9.47 Å². The van der Waals surface area contributed by atoms with Crippen LogP contribution in [0.5, 0.6) is 11.5 Å². The summed E-state index contributed by atoms with van der Waals surface area (Å²) >= 11 is 3.46. The molecule has 0 atom stereocenters. The van der Waals surface area contributed by atoms with Gasteiger partial charge in [0.25, 0.3) is 5.56 Å². The minimum atomic E-state index is -0.151. The number of aromatic nitrogens is 2. The second-order valence-corrected chi connectivity index (χ2v) is 8.59. The summed E-state index contributed by atoms with van der Waals surface area (Å²) in [6, 6.07) is 11.2. The van der Waals surface area contributed by atoms with Crippen molar-refractivity contribution in [3.63, 3.8) is 0 Å². The Morgan fingerprint density at radius 3 is 2.71 bits per heavy atom. The molecule has 0 aliphatic heterocycles. The fourth-order valence-corrected chi connectivity index (χ4v) is 4.43. The van der Waals surface area contributed by atoms with Crippen molar-refractivity contribution in [2.24, 2.45) is 5.10 Å². The third-order valence-electron chi connectivity index (χ3n) is 5.61. The maximum Gasteiger partial charge on any atom is 0.282 e. The maximum absolute atomic E-state index is 13.4. The van der Waals surface area contributed by atoms with Gasteiger partial charge in [-0.15, -0.1) is 0 Å². The van der Waals surface area contributed by atoms with Crippen LogP contribution in [0.1, 0.15) is 56.3 Å². The molecule has 3 aromatic rings. The summed E-state index contributed by atoms with van der Waals surface area (Å²) in [6.45, 7) is 2.46. The number of hydrogen-bond donors (Lipinski definition) is 0. The molecule has 0 unspecified atom stereocenters. The van der Waals surface area contributed by atoms with Gasteiger partial charge in [0.15, 0.2) is 11.5 Å². The lowest BCUT2D eigenvalue weighted by Gasteiger charge is -2.22. The first-order chi connectivity index (χ1) is 15.1. The van der Waals surface area contributed by atoms with Crippen LogP contribution in [0.25, 0.3) is 10.9 Å². The standard InChI is InChI=1S/C24H26BrN3O3/c1-3-31-22-13-16(9-12-21(22)30-2)15-26-28-23(17-7-5-4-6-8-17)27-20-11-10-18(25)14-19(20)24(28)29/h9-15,17H,3-8H2,1-2H3. The van der Waals surface area contributed by atoms with Crippen LogP contribution in [0.3, 0.4) is 0 Å². The van der Waals surface area contributed by atoms with Crippen molar-refractivity contribution in [1.29, 1.82) is 0 Å². The molecule has 31 heavy (non-hydrogen) atoms. The number of methoxy groups -OCH3 is 1. The topological polar surface area (TPSA) is 65.7 Å². The van der Waals surface area contributed by atoms with E-state index < -0.39 is 0 Å². The normalized spacial score (nSPS) is 14.9. The number of ether oxygens (including phenoxy) is 2. The SMILES string of the molecule is CCOc1cc(C=Nn2c(C3CCCCC3)nc3ccc(Br)cc3c2=O)ccc1OC. The summed E-state index contributed by atoms with van der Waals surface area (Å²) in [5.74, 6) is 2.29. The van der Waals surface area contributed by atoms with Crippen molar-refractivity contribution in [2.45, 2.75) is 44.9 Å². The van der Waals surface area contributed by atoms with Gasteiger partial charge in [-0.3, -0.25) is 4.79 Å². The average molecular weight is 484 g/mol. The molecule has 0 amide bonds. The number of halogens is 1. The summed E-state index contributed by atoms with van der Waals surface area (Å²) in [5.41, 5.74) is 1.38. The van der Waals surface area contributed by atoms with Gasteiger partial charge >= 0.3 is 0 Å². The summed E-state index contributed by atoms with van der Waals surface area (Å²) in [7, 11) is 1.61. The van der Waals surface area contributed by atoms with Gasteiger partial charge in [-0.2, -0.15) is 9.78 Å². The van der Waals surface area contributed by atoms with Crippen LogP contribution >= 0.6 is 15.9 Å². The van der Waals surface area contributed by atoms with Crippen molar-refractivity contribution in [2.75, 3.05) is 13.7 Å². The Morgan fingerprint density at radius 1 is 1.16 bits per heavy atom. The maximum atomic E-state index is 13.4. The Morgan fingerprint density at radius 2 is 1.97 bits per heavy atom. The lowest BCUT2D eigenvalue weighted by atomic mass is 9.88. The van der Waals surface area contributed by atoms with Crippen molar-refractivity contribution in [3.8, 4) is 11.5 Å². The van der Waals surface area contributed by atoms with Gasteiger partial charge in [0.05, 0.1) is 30.8 Å². The quantitative estimate of drug-likeness (QED) is 0.434. The lowest BCUT2D eigenvalue weighted by Crippen LogP contribution is -2.25. The van der Waals surface area contributed by atoms with Gasteiger partial charge in [-0.1, -0.05) is 35.2 Å². The molecule has 1 aliphatic carbocycles. The van der Waals surface area contributed by atoms with Gasteiger partial charge in [0.1, 0.15) is 5.82 Å².